The van der Waals surface area contributed by atoms with Crippen molar-refractivity contribution in [1.82, 2.24) is 20.1 Å². The Hall–Kier alpha value is -2.39. The molecule has 1 N–H and O–H groups in total. The first-order valence-corrected chi connectivity index (χ1v) is 14.3. The summed E-state index contributed by atoms with van der Waals surface area (Å²) in [7, 11) is 1.76. The van der Waals surface area contributed by atoms with Gasteiger partial charge < -0.3 is 10.2 Å². The molecule has 2 amide bonds. The molecule has 0 bridgehead atoms. The lowest BCUT2D eigenvalue weighted by Crippen LogP contribution is -2.38. The number of alkyl halides is 2. The van der Waals surface area contributed by atoms with Gasteiger partial charge in [-0.2, -0.15) is 0 Å². The number of nitrogens with one attached hydrogen (secondary N) is 1. The van der Waals surface area contributed by atoms with Gasteiger partial charge in [0.1, 0.15) is 0 Å². The first-order valence-electron chi connectivity index (χ1n) is 13.5. The molecule has 0 spiro atoms. The van der Waals surface area contributed by atoms with E-state index < -0.39 is 5.92 Å². The molecule has 0 unspecified atom stereocenters. The Bertz CT molecular complexity index is 1200. The number of aromatic nitrogens is 1. The maximum absolute atomic E-state index is 13.3. The number of carbonyl (C=O) groups excluding carboxylic acids is 2. The molecule has 1 aromatic heterocycles. The largest absolute Gasteiger partial charge is 0.349 e. The lowest BCUT2D eigenvalue weighted by molar-refractivity contribution is -0.0868. The SMILES string of the molecule is CN1Cc2c(C(=O)N[C@H]3CC[C@H](CCN4CCc5sc(C6CC(F)(F)C6)nc5C4)CC3)cccc2C1=O. The lowest BCUT2D eigenvalue weighted by Gasteiger charge is -2.33. The van der Waals surface area contributed by atoms with E-state index in [0.29, 0.717) is 23.6 Å². The average molecular weight is 529 g/mol. The van der Waals surface area contributed by atoms with Gasteiger partial charge >= 0.3 is 0 Å². The Morgan fingerprint density at radius 2 is 1.97 bits per heavy atom. The summed E-state index contributed by atoms with van der Waals surface area (Å²) in [6, 6.07) is 5.60. The molecule has 0 radical (unpaired) electrons. The fourth-order valence-electron chi connectivity index (χ4n) is 6.38. The van der Waals surface area contributed by atoms with Crippen LogP contribution in [0.15, 0.2) is 18.2 Å². The van der Waals surface area contributed by atoms with Crippen LogP contribution in [0.25, 0.3) is 0 Å². The minimum atomic E-state index is -2.50. The second-order valence-corrected chi connectivity index (χ2v) is 12.5. The fourth-order valence-corrected chi connectivity index (χ4v) is 7.55. The summed E-state index contributed by atoms with van der Waals surface area (Å²) in [5.41, 5.74) is 3.21. The molecule has 3 heterocycles. The number of hydrogen-bond donors (Lipinski definition) is 1. The van der Waals surface area contributed by atoms with E-state index in [4.69, 9.17) is 4.98 Å². The van der Waals surface area contributed by atoms with Crippen LogP contribution in [0.5, 0.6) is 0 Å². The van der Waals surface area contributed by atoms with Gasteiger partial charge in [-0.05, 0) is 68.7 Å². The molecular formula is C28H34F2N4O2S. The van der Waals surface area contributed by atoms with Crippen LogP contribution < -0.4 is 5.32 Å². The smallest absolute Gasteiger partial charge is 0.254 e. The zero-order valence-electron chi connectivity index (χ0n) is 21.3. The van der Waals surface area contributed by atoms with Crippen molar-refractivity contribution >= 4 is 23.2 Å². The molecule has 37 heavy (non-hydrogen) atoms. The van der Waals surface area contributed by atoms with Gasteiger partial charge in [0.15, 0.2) is 0 Å². The minimum Gasteiger partial charge on any atom is -0.349 e. The predicted molar refractivity (Wildman–Crippen MR) is 138 cm³/mol. The van der Waals surface area contributed by atoms with E-state index in [2.05, 4.69) is 10.2 Å². The van der Waals surface area contributed by atoms with Gasteiger partial charge in [0.05, 0.1) is 10.7 Å². The van der Waals surface area contributed by atoms with E-state index in [9.17, 15) is 18.4 Å². The van der Waals surface area contributed by atoms with E-state index in [-0.39, 0.29) is 36.6 Å². The Labute approximate surface area is 220 Å². The number of amides is 2. The van der Waals surface area contributed by atoms with Gasteiger partial charge in [-0.3, -0.25) is 14.5 Å². The van der Waals surface area contributed by atoms with Crippen molar-refractivity contribution in [2.75, 3.05) is 20.1 Å². The van der Waals surface area contributed by atoms with Crippen molar-refractivity contribution in [2.24, 2.45) is 5.92 Å². The maximum atomic E-state index is 13.3. The van der Waals surface area contributed by atoms with Gasteiger partial charge in [-0.1, -0.05) is 6.07 Å². The molecule has 4 aliphatic rings. The van der Waals surface area contributed by atoms with E-state index in [1.165, 1.54) is 4.88 Å². The predicted octanol–water partition coefficient (Wildman–Crippen LogP) is 4.98. The van der Waals surface area contributed by atoms with E-state index in [1.807, 2.05) is 6.07 Å². The van der Waals surface area contributed by atoms with Crippen molar-refractivity contribution < 1.29 is 18.4 Å². The second kappa shape index (κ2) is 9.73. The summed E-state index contributed by atoms with van der Waals surface area (Å²) >= 11 is 1.65. The minimum absolute atomic E-state index is 0.0201. The standard InChI is InChI=1S/C28H34F2N4O2S/c1-33-15-22-20(3-2-4-21(22)27(33)36)25(35)31-19-7-5-17(6-8-19)9-11-34-12-10-24-23(16-34)32-26(37-24)18-13-28(29,30)14-18/h2-4,17-19H,5-16H2,1H3,(H,31,35)/t17-,19-. The molecular weight excluding hydrogens is 494 g/mol. The van der Waals surface area contributed by atoms with Crippen LogP contribution in [-0.4, -0.2) is 58.7 Å². The summed E-state index contributed by atoms with van der Waals surface area (Å²) in [5.74, 6) is -1.98. The normalized spacial score (nSPS) is 25.5. The van der Waals surface area contributed by atoms with Gasteiger partial charge in [0, 0.05) is 67.5 Å². The molecule has 0 saturated heterocycles. The first-order chi connectivity index (χ1) is 17.8. The average Bonchev–Trinajstić information content (AvgIpc) is 3.42. The molecule has 2 aromatic rings. The summed E-state index contributed by atoms with van der Waals surface area (Å²) in [4.78, 5) is 35.4. The highest BCUT2D eigenvalue weighted by Crippen LogP contribution is 2.49. The molecule has 1 aromatic carbocycles. The number of benzene rings is 1. The molecule has 9 heteroatoms. The zero-order valence-corrected chi connectivity index (χ0v) is 22.1. The third-order valence-corrected chi connectivity index (χ3v) is 10.0. The van der Waals surface area contributed by atoms with Crippen LogP contribution in [0.1, 0.15) is 92.7 Å². The van der Waals surface area contributed by atoms with Crippen LogP contribution in [0.4, 0.5) is 8.78 Å². The van der Waals surface area contributed by atoms with Crippen molar-refractivity contribution in [1.29, 1.82) is 0 Å². The summed E-state index contributed by atoms with van der Waals surface area (Å²) in [6.45, 7) is 3.37. The van der Waals surface area contributed by atoms with Gasteiger partial charge in [0.25, 0.3) is 11.8 Å². The Morgan fingerprint density at radius 3 is 2.73 bits per heavy atom. The quantitative estimate of drug-likeness (QED) is 0.575. The molecule has 2 aliphatic carbocycles. The Morgan fingerprint density at radius 1 is 1.19 bits per heavy atom. The van der Waals surface area contributed by atoms with Gasteiger partial charge in [0.2, 0.25) is 5.92 Å². The molecule has 2 saturated carbocycles. The monoisotopic (exact) mass is 528 g/mol. The Kier molecular flexibility index (Phi) is 6.55. The van der Waals surface area contributed by atoms with Crippen LogP contribution in [0.2, 0.25) is 0 Å². The fraction of sp³-hybridized carbons (Fsp3) is 0.607. The summed E-state index contributed by atoms with van der Waals surface area (Å²) < 4.78 is 26.5. The summed E-state index contributed by atoms with van der Waals surface area (Å²) in [6.07, 6.45) is 6.20. The highest BCUT2D eigenvalue weighted by atomic mass is 32.1. The molecule has 6 nitrogen and oxygen atoms in total. The number of halogens is 2. The third kappa shape index (κ3) is 5.04. The van der Waals surface area contributed by atoms with E-state index in [1.54, 1.807) is 35.4 Å². The van der Waals surface area contributed by atoms with Crippen molar-refractivity contribution in [3.63, 3.8) is 0 Å². The molecule has 6 rings (SSSR count). The number of carbonyl (C=O) groups is 2. The van der Waals surface area contributed by atoms with Crippen molar-refractivity contribution in [3.8, 4) is 0 Å². The van der Waals surface area contributed by atoms with Crippen molar-refractivity contribution in [2.45, 2.75) is 82.3 Å². The van der Waals surface area contributed by atoms with Crippen LogP contribution in [0.3, 0.4) is 0 Å². The zero-order chi connectivity index (χ0) is 25.7. The highest BCUT2D eigenvalue weighted by Gasteiger charge is 2.47. The second-order valence-electron chi connectivity index (χ2n) is 11.4. The maximum Gasteiger partial charge on any atom is 0.254 e. The number of nitrogens with zero attached hydrogens (tertiary/aromatic N) is 3. The van der Waals surface area contributed by atoms with E-state index >= 15 is 0 Å². The number of fused-ring (bicyclic) bond motifs is 2. The third-order valence-electron chi connectivity index (χ3n) is 8.69. The molecule has 2 fully saturated rings. The van der Waals surface area contributed by atoms with Gasteiger partial charge in [-0.15, -0.1) is 11.3 Å². The lowest BCUT2D eigenvalue weighted by atomic mass is 9.82. The number of rotatable bonds is 6. The topological polar surface area (TPSA) is 65.5 Å². The van der Waals surface area contributed by atoms with Crippen LogP contribution in [-0.2, 0) is 19.5 Å². The number of hydrogen-bond acceptors (Lipinski definition) is 5. The molecule has 2 aliphatic heterocycles. The molecule has 198 valence electrons. The highest BCUT2D eigenvalue weighted by molar-refractivity contribution is 7.11. The van der Waals surface area contributed by atoms with Gasteiger partial charge in [-0.25, -0.2) is 13.8 Å². The van der Waals surface area contributed by atoms with Crippen molar-refractivity contribution in [3.05, 3.63) is 50.5 Å². The summed E-state index contributed by atoms with van der Waals surface area (Å²) in [5, 5.41) is 4.14. The number of thiazole rings is 1. The Balaban J connectivity index is 0.956. The first kappa shape index (κ1) is 24.9. The van der Waals surface area contributed by atoms with E-state index in [0.717, 1.165) is 74.4 Å². The van der Waals surface area contributed by atoms with Crippen LogP contribution in [0, 0.1) is 5.92 Å². The van der Waals surface area contributed by atoms with Crippen LogP contribution >= 0.6 is 11.3 Å². The molecule has 0 atom stereocenters.